The Labute approximate surface area is 162 Å². The first-order chi connectivity index (χ1) is 12.9. The van der Waals surface area contributed by atoms with Gasteiger partial charge in [-0.2, -0.15) is 0 Å². The van der Waals surface area contributed by atoms with Gasteiger partial charge in [-0.25, -0.2) is 9.37 Å². The molecule has 2 atom stereocenters. The van der Waals surface area contributed by atoms with E-state index in [1.54, 1.807) is 23.5 Å². The van der Waals surface area contributed by atoms with Crippen LogP contribution < -0.4 is 5.56 Å². The molecule has 142 valence electrons. The highest BCUT2D eigenvalue weighted by molar-refractivity contribution is 7.18. The van der Waals surface area contributed by atoms with Crippen LogP contribution in [0.1, 0.15) is 48.1 Å². The minimum Gasteiger partial charge on any atom is -0.309 e. The zero-order valence-corrected chi connectivity index (χ0v) is 16.7. The molecule has 0 bridgehead atoms. The Morgan fingerprint density at radius 2 is 2.19 bits per heavy atom. The van der Waals surface area contributed by atoms with Gasteiger partial charge in [0.05, 0.1) is 11.4 Å². The van der Waals surface area contributed by atoms with Crippen molar-refractivity contribution < 1.29 is 4.39 Å². The molecule has 2 aromatic heterocycles. The second kappa shape index (κ2) is 7.17. The fraction of sp³-hybridized carbons (Fsp3) is 0.429. The van der Waals surface area contributed by atoms with Crippen molar-refractivity contribution in [2.75, 3.05) is 7.05 Å². The predicted octanol–water partition coefficient (Wildman–Crippen LogP) is 4.44. The number of aryl methyl sites for hydroxylation is 1. The molecule has 1 aliphatic rings. The second-order valence-corrected chi connectivity index (χ2v) is 8.75. The van der Waals surface area contributed by atoms with Gasteiger partial charge < -0.3 is 4.98 Å². The van der Waals surface area contributed by atoms with Crippen LogP contribution in [0.3, 0.4) is 0 Å². The summed E-state index contributed by atoms with van der Waals surface area (Å²) in [6.07, 6.45) is 3.12. The highest BCUT2D eigenvalue weighted by Gasteiger charge is 2.24. The van der Waals surface area contributed by atoms with Gasteiger partial charge in [0.2, 0.25) is 0 Å². The summed E-state index contributed by atoms with van der Waals surface area (Å²) in [5.41, 5.74) is 1.78. The van der Waals surface area contributed by atoms with Gasteiger partial charge in [0.1, 0.15) is 16.5 Å². The molecular formula is C21H24FN3OS. The quantitative estimate of drug-likeness (QED) is 0.722. The summed E-state index contributed by atoms with van der Waals surface area (Å²) in [4.78, 5) is 24.7. The normalized spacial score (nSPS) is 18.0. The fourth-order valence-corrected chi connectivity index (χ4v) is 5.19. The van der Waals surface area contributed by atoms with E-state index >= 15 is 0 Å². The van der Waals surface area contributed by atoms with Crippen molar-refractivity contribution >= 4 is 21.6 Å². The van der Waals surface area contributed by atoms with Gasteiger partial charge in [-0.15, -0.1) is 11.3 Å². The number of fused-ring (bicyclic) bond motifs is 3. The van der Waals surface area contributed by atoms with Gasteiger partial charge in [-0.3, -0.25) is 9.69 Å². The lowest BCUT2D eigenvalue weighted by Crippen LogP contribution is -2.26. The van der Waals surface area contributed by atoms with Gasteiger partial charge in [0.15, 0.2) is 0 Å². The Hall–Kier alpha value is -2.05. The Balaban J connectivity index is 1.65. The lowest BCUT2D eigenvalue weighted by Gasteiger charge is -2.24. The van der Waals surface area contributed by atoms with Crippen molar-refractivity contribution in [2.45, 2.75) is 45.7 Å². The summed E-state index contributed by atoms with van der Waals surface area (Å²) in [6, 6.07) is 6.65. The van der Waals surface area contributed by atoms with Gasteiger partial charge in [0, 0.05) is 17.0 Å². The molecule has 27 heavy (non-hydrogen) atoms. The minimum atomic E-state index is -0.214. The van der Waals surface area contributed by atoms with Crippen LogP contribution in [0.5, 0.6) is 0 Å². The Morgan fingerprint density at radius 1 is 1.41 bits per heavy atom. The molecular weight excluding hydrogens is 361 g/mol. The summed E-state index contributed by atoms with van der Waals surface area (Å²) >= 11 is 1.66. The van der Waals surface area contributed by atoms with E-state index in [1.165, 1.54) is 16.5 Å². The fourth-order valence-electron chi connectivity index (χ4n) is 3.80. The topological polar surface area (TPSA) is 49.0 Å². The van der Waals surface area contributed by atoms with Crippen molar-refractivity contribution in [1.29, 1.82) is 0 Å². The number of thiophene rings is 1. The van der Waals surface area contributed by atoms with E-state index < -0.39 is 0 Å². The van der Waals surface area contributed by atoms with E-state index in [-0.39, 0.29) is 17.4 Å². The number of rotatable bonds is 4. The largest absolute Gasteiger partial charge is 0.309 e. The third-order valence-electron chi connectivity index (χ3n) is 5.62. The molecule has 0 fully saturated rings. The third-order valence-corrected chi connectivity index (χ3v) is 6.77. The van der Waals surface area contributed by atoms with Crippen LogP contribution in [0, 0.1) is 11.7 Å². The van der Waals surface area contributed by atoms with Crippen molar-refractivity contribution in [3.05, 3.63) is 62.3 Å². The van der Waals surface area contributed by atoms with E-state index in [2.05, 4.69) is 11.9 Å². The second-order valence-electron chi connectivity index (χ2n) is 7.67. The van der Waals surface area contributed by atoms with Crippen LogP contribution in [-0.4, -0.2) is 21.9 Å². The van der Waals surface area contributed by atoms with Crippen LogP contribution in [0.2, 0.25) is 0 Å². The molecule has 0 saturated heterocycles. The number of H-pyrrole nitrogens is 1. The number of aromatic nitrogens is 2. The number of halogens is 1. The maximum Gasteiger partial charge on any atom is 0.259 e. The maximum absolute atomic E-state index is 14.0. The molecule has 0 saturated carbocycles. The van der Waals surface area contributed by atoms with Gasteiger partial charge in [-0.05, 0) is 50.8 Å². The monoisotopic (exact) mass is 385 g/mol. The van der Waals surface area contributed by atoms with Crippen LogP contribution in [0.15, 0.2) is 29.1 Å². The molecule has 1 aliphatic carbocycles. The third kappa shape index (κ3) is 3.44. The number of hydrogen-bond donors (Lipinski definition) is 1. The summed E-state index contributed by atoms with van der Waals surface area (Å²) in [6.45, 7) is 4.70. The van der Waals surface area contributed by atoms with Crippen LogP contribution in [0.4, 0.5) is 4.39 Å². The number of hydrogen-bond acceptors (Lipinski definition) is 4. The zero-order valence-electron chi connectivity index (χ0n) is 15.9. The van der Waals surface area contributed by atoms with E-state index in [9.17, 15) is 9.18 Å². The van der Waals surface area contributed by atoms with Gasteiger partial charge in [-0.1, -0.05) is 25.1 Å². The molecule has 0 radical (unpaired) electrons. The highest BCUT2D eigenvalue weighted by Crippen LogP contribution is 2.36. The molecule has 0 amide bonds. The summed E-state index contributed by atoms with van der Waals surface area (Å²) in [5, 5.41) is 0.773. The van der Waals surface area contributed by atoms with E-state index in [1.807, 2.05) is 24.9 Å². The first kappa shape index (κ1) is 18.3. The molecule has 1 N–H and O–H groups in total. The van der Waals surface area contributed by atoms with Gasteiger partial charge in [0.25, 0.3) is 5.56 Å². The highest BCUT2D eigenvalue weighted by atomic mass is 32.1. The SMILES string of the molecule is C[C@@H]1CCc2c(sc3nc([C@H](C)N(C)Cc4ccccc4F)[nH]c(=O)c23)C1. The molecule has 0 unspecified atom stereocenters. The molecule has 2 heterocycles. The van der Waals surface area contributed by atoms with Crippen molar-refractivity contribution in [3.8, 4) is 0 Å². The van der Waals surface area contributed by atoms with E-state index in [0.29, 0.717) is 23.9 Å². The first-order valence-electron chi connectivity index (χ1n) is 9.42. The van der Waals surface area contributed by atoms with Crippen LogP contribution in [-0.2, 0) is 19.4 Å². The summed E-state index contributed by atoms with van der Waals surface area (Å²) < 4.78 is 14.0. The Kier molecular flexibility index (Phi) is 4.86. The first-order valence-corrected chi connectivity index (χ1v) is 10.2. The molecule has 4 nitrogen and oxygen atoms in total. The molecule has 3 aromatic rings. The maximum atomic E-state index is 14.0. The van der Waals surface area contributed by atoms with Crippen LogP contribution in [0.25, 0.3) is 10.2 Å². The minimum absolute atomic E-state index is 0.0480. The number of nitrogens with zero attached hydrogens (tertiary/aromatic N) is 2. The average molecular weight is 386 g/mol. The van der Waals surface area contributed by atoms with E-state index in [0.717, 1.165) is 29.5 Å². The van der Waals surface area contributed by atoms with Crippen molar-refractivity contribution in [1.82, 2.24) is 14.9 Å². The standard InChI is InChI=1S/C21H24FN3OS/c1-12-8-9-15-17(10-12)27-21-18(15)20(26)23-19(24-21)13(2)25(3)11-14-6-4-5-7-16(14)22/h4-7,12-13H,8-11H2,1-3H3,(H,23,24,26)/t12-,13+/m1/s1. The summed E-state index contributed by atoms with van der Waals surface area (Å²) in [7, 11) is 1.92. The van der Waals surface area contributed by atoms with Crippen molar-refractivity contribution in [3.63, 3.8) is 0 Å². The molecule has 0 aliphatic heterocycles. The lowest BCUT2D eigenvalue weighted by atomic mass is 9.89. The molecule has 1 aromatic carbocycles. The number of aromatic amines is 1. The zero-order chi connectivity index (χ0) is 19.1. The Morgan fingerprint density at radius 3 is 2.96 bits per heavy atom. The van der Waals surface area contributed by atoms with Crippen LogP contribution >= 0.6 is 11.3 Å². The average Bonchev–Trinajstić information content (AvgIpc) is 3.00. The molecule has 0 spiro atoms. The predicted molar refractivity (Wildman–Crippen MR) is 108 cm³/mol. The molecule has 6 heteroatoms. The van der Waals surface area contributed by atoms with Gasteiger partial charge >= 0.3 is 0 Å². The number of nitrogens with one attached hydrogen (secondary N) is 1. The lowest BCUT2D eigenvalue weighted by molar-refractivity contribution is 0.240. The Bertz CT molecular complexity index is 1040. The van der Waals surface area contributed by atoms with Crippen molar-refractivity contribution in [2.24, 2.45) is 5.92 Å². The molecule has 4 rings (SSSR count). The number of benzene rings is 1. The summed E-state index contributed by atoms with van der Waals surface area (Å²) in [5.74, 6) is 1.08. The smallest absolute Gasteiger partial charge is 0.259 e. The van der Waals surface area contributed by atoms with E-state index in [4.69, 9.17) is 4.98 Å².